The summed E-state index contributed by atoms with van der Waals surface area (Å²) in [6.45, 7) is 1.71. The Kier molecular flexibility index (Phi) is 4.88. The zero-order valence-corrected chi connectivity index (χ0v) is 16.1. The Morgan fingerprint density at radius 1 is 1.07 bits per heavy atom. The number of nitrogens with zero attached hydrogens (tertiary/aromatic N) is 4. The third-order valence-corrected chi connectivity index (χ3v) is 5.13. The Morgan fingerprint density at radius 3 is 2.46 bits per heavy atom. The van der Waals surface area contributed by atoms with E-state index in [4.69, 9.17) is 0 Å². The van der Waals surface area contributed by atoms with Crippen LogP contribution in [0.15, 0.2) is 60.7 Å². The van der Waals surface area contributed by atoms with Crippen molar-refractivity contribution in [2.75, 3.05) is 25.5 Å². The first-order valence-electron chi connectivity index (χ1n) is 9.39. The Hall–Kier alpha value is -3.12. The molecule has 144 valence electrons. The van der Waals surface area contributed by atoms with Gasteiger partial charge in [0.15, 0.2) is 0 Å². The number of carbonyl (C=O) groups excluding carboxylic acids is 1. The number of amides is 1. The van der Waals surface area contributed by atoms with Gasteiger partial charge in [0.2, 0.25) is 0 Å². The summed E-state index contributed by atoms with van der Waals surface area (Å²) in [5.41, 5.74) is 4.11. The molecule has 0 saturated heterocycles. The molecule has 2 heterocycles. The SMILES string of the molecule is CN(C)c1ccc(C(=O)N2CCn3nc(C(O)c4ccccc4)cc3C2)cc1. The van der Waals surface area contributed by atoms with Crippen molar-refractivity contribution in [3.05, 3.63) is 83.2 Å². The molecule has 6 heteroatoms. The predicted molar refractivity (Wildman–Crippen MR) is 108 cm³/mol. The van der Waals surface area contributed by atoms with Gasteiger partial charge in [-0.15, -0.1) is 0 Å². The first kappa shape index (κ1) is 18.3. The molecule has 1 aromatic heterocycles. The quantitative estimate of drug-likeness (QED) is 0.761. The second kappa shape index (κ2) is 7.48. The lowest BCUT2D eigenvalue weighted by atomic mass is 10.1. The van der Waals surface area contributed by atoms with Crippen LogP contribution in [0.4, 0.5) is 5.69 Å². The number of rotatable bonds is 4. The zero-order chi connectivity index (χ0) is 19.7. The van der Waals surface area contributed by atoms with Crippen LogP contribution in [0.25, 0.3) is 0 Å². The van der Waals surface area contributed by atoms with Gasteiger partial charge in [0.05, 0.1) is 24.5 Å². The minimum Gasteiger partial charge on any atom is -0.382 e. The average molecular weight is 376 g/mol. The van der Waals surface area contributed by atoms with Crippen LogP contribution in [0.3, 0.4) is 0 Å². The molecule has 0 bridgehead atoms. The van der Waals surface area contributed by atoms with Gasteiger partial charge in [0.1, 0.15) is 6.10 Å². The summed E-state index contributed by atoms with van der Waals surface area (Å²) in [7, 11) is 3.95. The Morgan fingerprint density at radius 2 is 1.79 bits per heavy atom. The van der Waals surface area contributed by atoms with Gasteiger partial charge in [-0.2, -0.15) is 5.10 Å². The minimum atomic E-state index is -0.762. The van der Waals surface area contributed by atoms with Gasteiger partial charge in [0, 0.05) is 31.9 Å². The number of hydrogen-bond donors (Lipinski definition) is 1. The molecular formula is C22H24N4O2. The average Bonchev–Trinajstić information content (AvgIpc) is 3.16. The van der Waals surface area contributed by atoms with Crippen molar-refractivity contribution in [2.45, 2.75) is 19.2 Å². The maximum atomic E-state index is 12.9. The molecule has 0 fully saturated rings. The molecule has 6 nitrogen and oxygen atoms in total. The van der Waals surface area contributed by atoms with Crippen molar-refractivity contribution >= 4 is 11.6 Å². The molecular weight excluding hydrogens is 352 g/mol. The second-order valence-electron chi connectivity index (χ2n) is 7.26. The molecule has 2 aromatic carbocycles. The zero-order valence-electron chi connectivity index (χ0n) is 16.1. The van der Waals surface area contributed by atoms with E-state index in [-0.39, 0.29) is 5.91 Å². The highest BCUT2D eigenvalue weighted by molar-refractivity contribution is 5.94. The number of hydrogen-bond acceptors (Lipinski definition) is 4. The van der Waals surface area contributed by atoms with Crippen LogP contribution in [0.5, 0.6) is 0 Å². The van der Waals surface area contributed by atoms with Gasteiger partial charge < -0.3 is 14.9 Å². The topological polar surface area (TPSA) is 61.6 Å². The number of aliphatic hydroxyl groups excluding tert-OH is 1. The molecule has 0 saturated carbocycles. The molecule has 28 heavy (non-hydrogen) atoms. The van der Waals surface area contributed by atoms with Crippen molar-refractivity contribution < 1.29 is 9.90 Å². The first-order chi connectivity index (χ1) is 13.5. The molecule has 0 spiro atoms. The molecule has 1 atom stereocenters. The standard InChI is InChI=1S/C22H24N4O2/c1-24(2)18-10-8-17(9-11-18)22(28)25-12-13-26-19(15-25)14-20(23-26)21(27)16-6-4-3-5-7-16/h3-11,14,21,27H,12-13,15H2,1-2H3. The third-order valence-electron chi connectivity index (χ3n) is 5.13. The lowest BCUT2D eigenvalue weighted by Gasteiger charge is -2.28. The fraction of sp³-hybridized carbons (Fsp3) is 0.273. The Balaban J connectivity index is 1.50. The molecule has 1 N–H and O–H groups in total. The lowest BCUT2D eigenvalue weighted by molar-refractivity contribution is 0.0706. The fourth-order valence-corrected chi connectivity index (χ4v) is 3.49. The maximum absolute atomic E-state index is 12.9. The molecule has 3 aromatic rings. The van der Waals surface area contributed by atoms with Crippen LogP contribution in [0.2, 0.25) is 0 Å². The van der Waals surface area contributed by atoms with E-state index in [0.29, 0.717) is 30.9 Å². The van der Waals surface area contributed by atoms with E-state index in [2.05, 4.69) is 5.10 Å². The lowest BCUT2D eigenvalue weighted by Crippen LogP contribution is -2.38. The number of aliphatic hydroxyl groups is 1. The monoisotopic (exact) mass is 376 g/mol. The molecule has 1 amide bonds. The number of benzene rings is 2. The highest BCUT2D eigenvalue weighted by Gasteiger charge is 2.25. The van der Waals surface area contributed by atoms with E-state index in [1.54, 1.807) is 0 Å². The summed E-state index contributed by atoms with van der Waals surface area (Å²) in [4.78, 5) is 16.7. The van der Waals surface area contributed by atoms with Crippen molar-refractivity contribution in [1.29, 1.82) is 0 Å². The number of carbonyl (C=O) groups is 1. The molecule has 1 aliphatic rings. The van der Waals surface area contributed by atoms with Crippen molar-refractivity contribution in [3.8, 4) is 0 Å². The van der Waals surface area contributed by atoms with Crippen LogP contribution >= 0.6 is 0 Å². The van der Waals surface area contributed by atoms with Crippen LogP contribution < -0.4 is 4.90 Å². The van der Waals surface area contributed by atoms with Crippen LogP contribution in [0, 0.1) is 0 Å². The van der Waals surface area contributed by atoms with Gasteiger partial charge in [-0.05, 0) is 35.9 Å². The summed E-state index contributed by atoms with van der Waals surface area (Å²) in [5, 5.41) is 15.2. The van der Waals surface area contributed by atoms with Crippen LogP contribution in [-0.2, 0) is 13.1 Å². The fourth-order valence-electron chi connectivity index (χ4n) is 3.49. The van der Waals surface area contributed by atoms with Gasteiger partial charge in [0.25, 0.3) is 5.91 Å². The highest BCUT2D eigenvalue weighted by atomic mass is 16.3. The number of aromatic nitrogens is 2. The molecule has 4 rings (SSSR count). The first-order valence-corrected chi connectivity index (χ1v) is 9.39. The van der Waals surface area contributed by atoms with Gasteiger partial charge >= 0.3 is 0 Å². The summed E-state index contributed by atoms with van der Waals surface area (Å²) in [5.74, 6) is 0.0166. The number of fused-ring (bicyclic) bond motifs is 1. The number of anilines is 1. The van der Waals surface area contributed by atoms with E-state index in [1.165, 1.54) is 0 Å². The van der Waals surface area contributed by atoms with Crippen molar-refractivity contribution in [1.82, 2.24) is 14.7 Å². The summed E-state index contributed by atoms with van der Waals surface area (Å²) >= 11 is 0. The normalized spacial score (nSPS) is 14.5. The van der Waals surface area contributed by atoms with E-state index < -0.39 is 6.10 Å². The summed E-state index contributed by atoms with van der Waals surface area (Å²) in [6, 6.07) is 19.0. The van der Waals surface area contributed by atoms with Crippen LogP contribution in [-0.4, -0.2) is 46.3 Å². The minimum absolute atomic E-state index is 0.0166. The Labute approximate surface area is 164 Å². The molecule has 0 radical (unpaired) electrons. The van der Waals surface area contributed by atoms with E-state index >= 15 is 0 Å². The van der Waals surface area contributed by atoms with E-state index in [1.807, 2.05) is 89.2 Å². The third kappa shape index (κ3) is 3.51. The molecule has 0 aliphatic carbocycles. The molecule has 1 unspecified atom stereocenters. The van der Waals surface area contributed by atoms with Crippen molar-refractivity contribution in [3.63, 3.8) is 0 Å². The summed E-state index contributed by atoms with van der Waals surface area (Å²) < 4.78 is 1.89. The van der Waals surface area contributed by atoms with Gasteiger partial charge in [-0.1, -0.05) is 30.3 Å². The van der Waals surface area contributed by atoms with Gasteiger partial charge in [-0.25, -0.2) is 0 Å². The highest BCUT2D eigenvalue weighted by Crippen LogP contribution is 2.24. The second-order valence-corrected chi connectivity index (χ2v) is 7.26. The predicted octanol–water partition coefficient (Wildman–Crippen LogP) is 2.69. The Bertz CT molecular complexity index is 964. The van der Waals surface area contributed by atoms with E-state index in [9.17, 15) is 9.90 Å². The smallest absolute Gasteiger partial charge is 0.254 e. The van der Waals surface area contributed by atoms with Gasteiger partial charge in [-0.3, -0.25) is 9.48 Å². The summed E-state index contributed by atoms with van der Waals surface area (Å²) in [6.07, 6.45) is -0.762. The molecule has 1 aliphatic heterocycles. The maximum Gasteiger partial charge on any atom is 0.254 e. The largest absolute Gasteiger partial charge is 0.382 e. The van der Waals surface area contributed by atoms with Crippen LogP contribution in [0.1, 0.15) is 33.4 Å². The van der Waals surface area contributed by atoms with Crippen molar-refractivity contribution in [2.24, 2.45) is 0 Å². The van der Waals surface area contributed by atoms with E-state index in [0.717, 1.165) is 16.9 Å².